The van der Waals surface area contributed by atoms with Gasteiger partial charge in [-0.15, -0.1) is 0 Å². The predicted octanol–water partition coefficient (Wildman–Crippen LogP) is 3.18. The highest BCUT2D eigenvalue weighted by Gasteiger charge is 2.40. The third-order valence-corrected chi connectivity index (χ3v) is 4.72. The number of likely N-dealkylation sites (N-methyl/N-ethyl adjacent to an activating group) is 1. The lowest BCUT2D eigenvalue weighted by Gasteiger charge is -2.36. The van der Waals surface area contributed by atoms with E-state index in [0.29, 0.717) is 6.04 Å². The Morgan fingerprint density at radius 3 is 2.30 bits per heavy atom. The van der Waals surface area contributed by atoms with Gasteiger partial charge in [0.2, 0.25) is 0 Å². The van der Waals surface area contributed by atoms with Crippen LogP contribution in [0.5, 0.6) is 5.75 Å². The van der Waals surface area contributed by atoms with Gasteiger partial charge in [-0.25, -0.2) is 0 Å². The molecule has 1 N–H and O–H groups in total. The number of benzene rings is 1. The highest BCUT2D eigenvalue weighted by molar-refractivity contribution is 5.27. The first-order valence-corrected chi connectivity index (χ1v) is 7.59. The lowest BCUT2D eigenvalue weighted by Crippen LogP contribution is -2.49. The minimum absolute atomic E-state index is 0.0429. The molecule has 1 atom stereocenters. The Labute approximate surface area is 122 Å². The number of aryl methyl sites for hydroxylation is 1. The first-order valence-electron chi connectivity index (χ1n) is 7.59. The van der Waals surface area contributed by atoms with E-state index in [-0.39, 0.29) is 5.60 Å². The second-order valence-corrected chi connectivity index (χ2v) is 5.70. The molecule has 1 saturated carbocycles. The number of hydrogen-bond donors (Lipinski definition) is 1. The molecule has 0 radical (unpaired) electrons. The molecule has 3 heteroatoms. The van der Waals surface area contributed by atoms with E-state index in [0.717, 1.165) is 18.6 Å². The Kier molecular flexibility index (Phi) is 5.44. The van der Waals surface area contributed by atoms with E-state index in [9.17, 15) is 0 Å². The number of methoxy groups -OCH3 is 2. The maximum atomic E-state index is 5.89. The van der Waals surface area contributed by atoms with Gasteiger partial charge in [0.15, 0.2) is 0 Å². The van der Waals surface area contributed by atoms with Crippen molar-refractivity contribution in [3.63, 3.8) is 0 Å². The molecule has 0 bridgehead atoms. The molecule has 2 rings (SSSR count). The summed E-state index contributed by atoms with van der Waals surface area (Å²) in [4.78, 5) is 0. The van der Waals surface area contributed by atoms with Crippen LogP contribution in [-0.2, 0) is 11.2 Å². The molecule has 1 aromatic carbocycles. The summed E-state index contributed by atoms with van der Waals surface area (Å²) in [6, 6.07) is 8.80. The van der Waals surface area contributed by atoms with Gasteiger partial charge in [-0.1, -0.05) is 25.0 Å². The summed E-state index contributed by atoms with van der Waals surface area (Å²) in [7, 11) is 5.62. The van der Waals surface area contributed by atoms with Crippen molar-refractivity contribution >= 4 is 0 Å². The van der Waals surface area contributed by atoms with Crippen molar-refractivity contribution in [3.05, 3.63) is 29.8 Å². The first-order chi connectivity index (χ1) is 9.74. The summed E-state index contributed by atoms with van der Waals surface area (Å²) < 4.78 is 11.1. The van der Waals surface area contributed by atoms with Crippen molar-refractivity contribution in [2.24, 2.45) is 0 Å². The third-order valence-electron chi connectivity index (χ3n) is 4.72. The second-order valence-electron chi connectivity index (χ2n) is 5.70. The fourth-order valence-electron chi connectivity index (χ4n) is 3.44. The van der Waals surface area contributed by atoms with Gasteiger partial charge < -0.3 is 14.8 Å². The quantitative estimate of drug-likeness (QED) is 0.830. The SMILES string of the molecule is CNC(CCc1ccc(OC)cc1)C1(OC)CCCC1. The molecule has 1 aliphatic rings. The van der Waals surface area contributed by atoms with E-state index in [4.69, 9.17) is 9.47 Å². The number of ether oxygens (including phenoxy) is 2. The maximum absolute atomic E-state index is 5.89. The summed E-state index contributed by atoms with van der Waals surface area (Å²) in [6.45, 7) is 0. The summed E-state index contributed by atoms with van der Waals surface area (Å²) in [6.07, 6.45) is 7.11. The Balaban J connectivity index is 1.95. The lowest BCUT2D eigenvalue weighted by molar-refractivity contribution is -0.0357. The van der Waals surface area contributed by atoms with Gasteiger partial charge in [-0.3, -0.25) is 0 Å². The Morgan fingerprint density at radius 1 is 1.15 bits per heavy atom. The topological polar surface area (TPSA) is 30.5 Å². The molecule has 0 aromatic heterocycles. The molecule has 0 aliphatic heterocycles. The Morgan fingerprint density at radius 2 is 1.80 bits per heavy atom. The van der Waals surface area contributed by atoms with E-state index in [2.05, 4.69) is 24.5 Å². The molecule has 20 heavy (non-hydrogen) atoms. The van der Waals surface area contributed by atoms with Gasteiger partial charge in [-0.2, -0.15) is 0 Å². The van der Waals surface area contributed by atoms with E-state index < -0.39 is 0 Å². The zero-order valence-electron chi connectivity index (χ0n) is 12.9. The highest BCUT2D eigenvalue weighted by atomic mass is 16.5. The van der Waals surface area contributed by atoms with Crippen LogP contribution in [0.4, 0.5) is 0 Å². The largest absolute Gasteiger partial charge is 0.497 e. The van der Waals surface area contributed by atoms with Crippen molar-refractivity contribution in [1.29, 1.82) is 0 Å². The smallest absolute Gasteiger partial charge is 0.118 e. The summed E-state index contributed by atoms with van der Waals surface area (Å²) in [5.41, 5.74) is 1.40. The normalized spacial score (nSPS) is 18.9. The zero-order valence-corrected chi connectivity index (χ0v) is 12.9. The molecule has 1 aromatic rings. The summed E-state index contributed by atoms with van der Waals surface area (Å²) >= 11 is 0. The zero-order chi connectivity index (χ0) is 14.4. The van der Waals surface area contributed by atoms with Crippen LogP contribution in [-0.4, -0.2) is 32.9 Å². The van der Waals surface area contributed by atoms with Crippen molar-refractivity contribution in [2.45, 2.75) is 50.2 Å². The van der Waals surface area contributed by atoms with Crippen molar-refractivity contribution < 1.29 is 9.47 Å². The monoisotopic (exact) mass is 277 g/mol. The van der Waals surface area contributed by atoms with Crippen LogP contribution in [0.25, 0.3) is 0 Å². The fraction of sp³-hybridized carbons (Fsp3) is 0.647. The molecule has 3 nitrogen and oxygen atoms in total. The van der Waals surface area contributed by atoms with E-state index in [1.165, 1.54) is 31.2 Å². The summed E-state index contributed by atoms with van der Waals surface area (Å²) in [5, 5.41) is 3.48. The summed E-state index contributed by atoms with van der Waals surface area (Å²) in [5.74, 6) is 0.920. The van der Waals surface area contributed by atoms with Gasteiger partial charge in [0, 0.05) is 13.2 Å². The Bertz CT molecular complexity index is 396. The number of nitrogens with one attached hydrogen (secondary N) is 1. The average Bonchev–Trinajstić information content (AvgIpc) is 2.98. The fourth-order valence-corrected chi connectivity index (χ4v) is 3.44. The molecule has 1 fully saturated rings. The highest BCUT2D eigenvalue weighted by Crippen LogP contribution is 2.37. The first kappa shape index (κ1) is 15.3. The molecule has 0 amide bonds. The maximum Gasteiger partial charge on any atom is 0.118 e. The number of hydrogen-bond acceptors (Lipinski definition) is 3. The van der Waals surface area contributed by atoms with Gasteiger partial charge in [0.1, 0.15) is 5.75 Å². The molecule has 0 spiro atoms. The molecule has 1 aliphatic carbocycles. The van der Waals surface area contributed by atoms with E-state index >= 15 is 0 Å². The van der Waals surface area contributed by atoms with Crippen LogP contribution in [0.15, 0.2) is 24.3 Å². The lowest BCUT2D eigenvalue weighted by atomic mass is 9.87. The number of rotatable bonds is 7. The molecule has 0 heterocycles. The molecule has 1 unspecified atom stereocenters. The van der Waals surface area contributed by atoms with Crippen molar-refractivity contribution in [2.75, 3.05) is 21.3 Å². The van der Waals surface area contributed by atoms with E-state index in [1.54, 1.807) is 7.11 Å². The Hall–Kier alpha value is -1.06. The molecule has 0 saturated heterocycles. The minimum atomic E-state index is 0.0429. The van der Waals surface area contributed by atoms with Crippen LogP contribution in [0.2, 0.25) is 0 Å². The van der Waals surface area contributed by atoms with Crippen LogP contribution < -0.4 is 10.1 Å². The van der Waals surface area contributed by atoms with Gasteiger partial charge in [-0.05, 0) is 50.4 Å². The molecular weight excluding hydrogens is 250 g/mol. The van der Waals surface area contributed by atoms with Crippen LogP contribution in [0, 0.1) is 0 Å². The van der Waals surface area contributed by atoms with Crippen LogP contribution >= 0.6 is 0 Å². The minimum Gasteiger partial charge on any atom is -0.497 e. The van der Waals surface area contributed by atoms with Gasteiger partial charge >= 0.3 is 0 Å². The van der Waals surface area contributed by atoms with Crippen LogP contribution in [0.1, 0.15) is 37.7 Å². The predicted molar refractivity (Wildman–Crippen MR) is 82.4 cm³/mol. The van der Waals surface area contributed by atoms with Crippen molar-refractivity contribution in [1.82, 2.24) is 5.32 Å². The molecular formula is C17H27NO2. The van der Waals surface area contributed by atoms with Crippen LogP contribution in [0.3, 0.4) is 0 Å². The average molecular weight is 277 g/mol. The molecule has 112 valence electrons. The van der Waals surface area contributed by atoms with Gasteiger partial charge in [0.25, 0.3) is 0 Å². The second kappa shape index (κ2) is 7.09. The third kappa shape index (κ3) is 3.33. The standard InChI is InChI=1S/C17H27NO2/c1-18-16(17(20-3)12-4-5-13-17)11-8-14-6-9-15(19-2)10-7-14/h6-7,9-10,16,18H,4-5,8,11-13H2,1-3H3. The van der Waals surface area contributed by atoms with Crippen molar-refractivity contribution in [3.8, 4) is 5.75 Å². The van der Waals surface area contributed by atoms with E-state index in [1.807, 2.05) is 19.2 Å². The van der Waals surface area contributed by atoms with Gasteiger partial charge in [0.05, 0.1) is 12.7 Å².